The second-order valence-electron chi connectivity index (χ2n) is 9.39. The summed E-state index contributed by atoms with van der Waals surface area (Å²) < 4.78 is 22.2. The van der Waals surface area contributed by atoms with E-state index in [0.29, 0.717) is 5.56 Å². The summed E-state index contributed by atoms with van der Waals surface area (Å²) in [6.45, 7) is 0.898. The Balaban J connectivity index is 1.44. The number of benzene rings is 1. The van der Waals surface area contributed by atoms with Crippen molar-refractivity contribution in [2.45, 2.75) is 62.0 Å². The average Bonchev–Trinajstić information content (AvgIpc) is 3.10. The molecule has 12 nitrogen and oxygen atoms in total. The Bertz CT molecular complexity index is 1000. The van der Waals surface area contributed by atoms with Gasteiger partial charge in [0.15, 0.2) is 17.8 Å². The third-order valence-corrected chi connectivity index (χ3v) is 6.78. The van der Waals surface area contributed by atoms with Crippen LogP contribution in [0, 0.1) is 11.8 Å². The molecular weight excluding hydrogens is 480 g/mol. The molecule has 198 valence electrons. The molecule has 3 aliphatic rings. The molecule has 0 radical (unpaired) electrons. The van der Waals surface area contributed by atoms with Crippen LogP contribution < -0.4 is 0 Å². The molecule has 0 spiro atoms. The van der Waals surface area contributed by atoms with Crippen LogP contribution in [0.3, 0.4) is 0 Å². The summed E-state index contributed by atoms with van der Waals surface area (Å²) in [7, 11) is 0. The van der Waals surface area contributed by atoms with Crippen LogP contribution in [0.15, 0.2) is 36.6 Å². The van der Waals surface area contributed by atoms with E-state index in [0.717, 1.165) is 6.08 Å². The molecule has 2 heterocycles. The summed E-state index contributed by atoms with van der Waals surface area (Å²) in [4.78, 5) is 12.5. The third-order valence-electron chi connectivity index (χ3n) is 6.78. The summed E-state index contributed by atoms with van der Waals surface area (Å²) in [6, 6.07) is 4.05. The molecule has 12 heteroatoms. The summed E-state index contributed by atoms with van der Waals surface area (Å²) >= 11 is 0. The molecule has 1 aromatic carbocycles. The second-order valence-corrected chi connectivity index (χ2v) is 9.39. The number of esters is 1. The molecule has 0 unspecified atom stereocenters. The minimum absolute atomic E-state index is 0.0458. The molecule has 36 heavy (non-hydrogen) atoms. The highest BCUT2D eigenvalue weighted by atomic mass is 16.8. The molecule has 0 bridgehead atoms. The van der Waals surface area contributed by atoms with Crippen molar-refractivity contribution in [2.75, 3.05) is 6.61 Å². The van der Waals surface area contributed by atoms with Crippen LogP contribution in [0.1, 0.15) is 18.9 Å². The van der Waals surface area contributed by atoms with Crippen molar-refractivity contribution in [3.05, 3.63) is 42.2 Å². The van der Waals surface area contributed by atoms with Gasteiger partial charge < -0.3 is 54.7 Å². The Hall–Kier alpha value is -2.71. The third kappa shape index (κ3) is 5.20. The maximum atomic E-state index is 12.5. The first-order chi connectivity index (χ1) is 17.0. The number of aromatic hydroxyl groups is 2. The fourth-order valence-corrected chi connectivity index (χ4v) is 4.89. The van der Waals surface area contributed by atoms with Crippen molar-refractivity contribution in [1.82, 2.24) is 0 Å². The van der Waals surface area contributed by atoms with Crippen LogP contribution >= 0.6 is 0 Å². The Morgan fingerprint density at radius 1 is 1.14 bits per heavy atom. The lowest BCUT2D eigenvalue weighted by molar-refractivity contribution is -0.346. The summed E-state index contributed by atoms with van der Waals surface area (Å²) in [5.74, 6) is -2.61. The standard InChI is InChI=1S/C24H30O12/c1-24(32)9-15(34-17(28)5-3-11-2-4-13(26)14(27)8-11)12-6-7-33-22(18(12)24)36-23-21(31)20(30)19(29)16(10-25)35-23/h2-8,12,15-16,18-23,25-27,29-32H,9-10H2,1H3/t12-,15+,16+,18+,19+,20-,21+,22-,23-,24-/m0/s1. The second kappa shape index (κ2) is 10.3. The first-order valence-electron chi connectivity index (χ1n) is 11.4. The van der Waals surface area contributed by atoms with E-state index in [1.165, 1.54) is 37.5 Å². The highest BCUT2D eigenvalue weighted by Crippen LogP contribution is 2.48. The normalized spacial score (nSPS) is 40.1. The molecular formula is C24H30O12. The molecule has 1 aliphatic carbocycles. The van der Waals surface area contributed by atoms with Gasteiger partial charge in [0.25, 0.3) is 0 Å². The van der Waals surface area contributed by atoms with Crippen LogP contribution in [-0.2, 0) is 23.7 Å². The van der Waals surface area contributed by atoms with Crippen molar-refractivity contribution in [2.24, 2.45) is 11.8 Å². The Morgan fingerprint density at radius 3 is 2.58 bits per heavy atom. The zero-order chi connectivity index (χ0) is 26.2. The van der Waals surface area contributed by atoms with Crippen molar-refractivity contribution in [3.63, 3.8) is 0 Å². The zero-order valence-electron chi connectivity index (χ0n) is 19.3. The van der Waals surface area contributed by atoms with Crippen molar-refractivity contribution in [3.8, 4) is 11.5 Å². The van der Waals surface area contributed by atoms with Gasteiger partial charge in [0, 0.05) is 18.4 Å². The molecule has 0 aromatic heterocycles. The van der Waals surface area contributed by atoms with Crippen LogP contribution in [0.2, 0.25) is 0 Å². The highest BCUT2D eigenvalue weighted by molar-refractivity contribution is 5.87. The van der Waals surface area contributed by atoms with Gasteiger partial charge in [0.2, 0.25) is 6.29 Å². The fraction of sp³-hybridized carbons (Fsp3) is 0.542. The monoisotopic (exact) mass is 510 g/mol. The van der Waals surface area contributed by atoms with E-state index in [1.54, 1.807) is 6.08 Å². The molecule has 1 saturated carbocycles. The summed E-state index contributed by atoms with van der Waals surface area (Å²) in [5, 5.41) is 69.7. The van der Waals surface area contributed by atoms with E-state index in [9.17, 15) is 40.5 Å². The smallest absolute Gasteiger partial charge is 0.331 e. The number of aliphatic hydroxyl groups excluding tert-OH is 4. The molecule has 7 N–H and O–H groups in total. The van der Waals surface area contributed by atoms with E-state index in [-0.39, 0.29) is 17.9 Å². The minimum atomic E-state index is -1.65. The lowest BCUT2D eigenvalue weighted by atomic mass is 9.85. The largest absolute Gasteiger partial charge is 0.504 e. The molecule has 4 rings (SSSR count). The number of rotatable bonds is 6. The average molecular weight is 510 g/mol. The number of hydrogen-bond acceptors (Lipinski definition) is 12. The van der Waals surface area contributed by atoms with Gasteiger partial charge in [-0.3, -0.25) is 0 Å². The Labute approximate surface area is 206 Å². The number of ether oxygens (including phenoxy) is 4. The fourth-order valence-electron chi connectivity index (χ4n) is 4.89. The van der Waals surface area contributed by atoms with E-state index in [4.69, 9.17) is 18.9 Å². The Kier molecular flexibility index (Phi) is 7.57. The molecule has 1 aromatic rings. The molecule has 2 aliphatic heterocycles. The van der Waals surface area contributed by atoms with Gasteiger partial charge in [-0.2, -0.15) is 0 Å². The molecule has 10 atom stereocenters. The highest BCUT2D eigenvalue weighted by Gasteiger charge is 2.57. The molecule has 2 fully saturated rings. The Morgan fingerprint density at radius 2 is 1.89 bits per heavy atom. The zero-order valence-corrected chi connectivity index (χ0v) is 19.3. The van der Waals surface area contributed by atoms with E-state index >= 15 is 0 Å². The van der Waals surface area contributed by atoms with Crippen molar-refractivity contribution >= 4 is 12.0 Å². The van der Waals surface area contributed by atoms with E-state index in [1.807, 2.05) is 0 Å². The number of hydrogen-bond donors (Lipinski definition) is 7. The first kappa shape index (κ1) is 26.4. The number of fused-ring (bicyclic) bond motifs is 1. The lowest BCUT2D eigenvalue weighted by Gasteiger charge is -2.43. The quantitative estimate of drug-likeness (QED) is 0.142. The predicted octanol–water partition coefficient (Wildman–Crippen LogP) is -0.904. The van der Waals surface area contributed by atoms with Crippen LogP contribution in [0.5, 0.6) is 11.5 Å². The summed E-state index contributed by atoms with van der Waals surface area (Å²) in [5.41, 5.74) is -0.969. The summed E-state index contributed by atoms with van der Waals surface area (Å²) in [6.07, 6.45) is -3.89. The van der Waals surface area contributed by atoms with Gasteiger partial charge in [-0.1, -0.05) is 6.07 Å². The number of carbonyl (C=O) groups excluding carboxylic acids is 1. The van der Waals surface area contributed by atoms with Crippen LogP contribution in [-0.4, -0.2) is 97.0 Å². The number of carbonyl (C=O) groups is 1. The maximum Gasteiger partial charge on any atom is 0.331 e. The van der Waals surface area contributed by atoms with E-state index < -0.39 is 73.1 Å². The molecule has 1 saturated heterocycles. The number of phenols is 2. The van der Waals surface area contributed by atoms with Gasteiger partial charge in [0.1, 0.15) is 30.5 Å². The predicted molar refractivity (Wildman–Crippen MR) is 120 cm³/mol. The SMILES string of the molecule is C[C@]1(O)C[C@@H](OC(=O)C=Cc2ccc(O)c(O)c2)[C@@H]2C=CO[C@@H](O[C@@H]3O[C@H](CO)[C@@H](O)[C@H](O)[C@H]3O)[C@@H]21. The number of aliphatic hydroxyl groups is 5. The van der Waals surface area contributed by atoms with Gasteiger partial charge >= 0.3 is 5.97 Å². The van der Waals surface area contributed by atoms with E-state index in [2.05, 4.69) is 0 Å². The lowest BCUT2D eigenvalue weighted by Crippen LogP contribution is -2.60. The first-order valence-corrected chi connectivity index (χ1v) is 11.4. The van der Waals surface area contributed by atoms with Crippen molar-refractivity contribution in [1.29, 1.82) is 0 Å². The van der Waals surface area contributed by atoms with Gasteiger partial charge in [-0.05, 0) is 36.8 Å². The topological polar surface area (TPSA) is 196 Å². The molecule has 0 amide bonds. The minimum Gasteiger partial charge on any atom is -0.504 e. The van der Waals surface area contributed by atoms with Gasteiger partial charge in [0.05, 0.1) is 24.4 Å². The van der Waals surface area contributed by atoms with Crippen LogP contribution in [0.4, 0.5) is 0 Å². The van der Waals surface area contributed by atoms with Gasteiger partial charge in [-0.15, -0.1) is 0 Å². The number of phenolic OH excluding ortho intramolecular Hbond substituents is 2. The van der Waals surface area contributed by atoms with Crippen molar-refractivity contribution < 1.29 is 59.5 Å². The van der Waals surface area contributed by atoms with Gasteiger partial charge in [-0.25, -0.2) is 4.79 Å². The van der Waals surface area contributed by atoms with Crippen LogP contribution in [0.25, 0.3) is 6.08 Å². The maximum absolute atomic E-state index is 12.5.